The third kappa shape index (κ3) is 2.15. The number of anilines is 1. The lowest BCUT2D eigenvalue weighted by atomic mass is 10.0. The highest BCUT2D eigenvalue weighted by Gasteiger charge is 2.13. The van der Waals surface area contributed by atoms with E-state index in [1.165, 1.54) is 0 Å². The third-order valence-corrected chi connectivity index (χ3v) is 2.62. The van der Waals surface area contributed by atoms with Crippen LogP contribution in [0, 0.1) is 0 Å². The number of rotatable bonds is 2. The van der Waals surface area contributed by atoms with Crippen molar-refractivity contribution in [3.8, 4) is 0 Å². The summed E-state index contributed by atoms with van der Waals surface area (Å²) in [6.07, 6.45) is 2.38. The van der Waals surface area contributed by atoms with Crippen LogP contribution >= 0.6 is 11.6 Å². The predicted molar refractivity (Wildman–Crippen MR) is 64.2 cm³/mol. The van der Waals surface area contributed by atoms with Gasteiger partial charge in [0.05, 0.1) is 0 Å². The van der Waals surface area contributed by atoms with Crippen LogP contribution in [0.25, 0.3) is 0 Å². The van der Waals surface area contributed by atoms with Gasteiger partial charge in [-0.2, -0.15) is 0 Å². The summed E-state index contributed by atoms with van der Waals surface area (Å²) in [5.41, 5.74) is 7.63. The van der Waals surface area contributed by atoms with Crippen molar-refractivity contribution in [1.82, 2.24) is 4.98 Å². The predicted octanol–water partition coefficient (Wildman–Crippen LogP) is 2.40. The van der Waals surface area contributed by atoms with Crippen molar-refractivity contribution in [3.05, 3.63) is 58.9 Å². The van der Waals surface area contributed by atoms with Gasteiger partial charge in [0.25, 0.3) is 0 Å². The summed E-state index contributed by atoms with van der Waals surface area (Å²) in [6, 6.07) is 8.65. The van der Waals surface area contributed by atoms with Crippen LogP contribution in [0.4, 0.5) is 5.69 Å². The maximum atomic E-state index is 10.1. The molecule has 1 aromatic heterocycles. The number of aliphatic hydroxyl groups is 1. The maximum Gasteiger partial charge on any atom is 0.108 e. The lowest BCUT2D eigenvalue weighted by Crippen LogP contribution is -2.04. The maximum absolute atomic E-state index is 10.1. The van der Waals surface area contributed by atoms with Crippen LogP contribution in [0.2, 0.25) is 5.02 Å². The van der Waals surface area contributed by atoms with Crippen molar-refractivity contribution in [1.29, 1.82) is 0 Å². The zero-order valence-corrected chi connectivity index (χ0v) is 9.22. The minimum absolute atomic E-state index is 0.525. The highest BCUT2D eigenvalue weighted by molar-refractivity contribution is 6.30. The Morgan fingerprint density at radius 2 is 1.88 bits per heavy atom. The SMILES string of the molecule is Nc1ccncc1C(O)c1ccc(Cl)cc1. The molecule has 0 aliphatic carbocycles. The zero-order chi connectivity index (χ0) is 11.5. The van der Waals surface area contributed by atoms with E-state index < -0.39 is 6.10 Å². The molecule has 0 aliphatic heterocycles. The van der Waals surface area contributed by atoms with Gasteiger partial charge in [-0.3, -0.25) is 4.98 Å². The van der Waals surface area contributed by atoms with Crippen LogP contribution < -0.4 is 5.73 Å². The number of halogens is 1. The van der Waals surface area contributed by atoms with Gasteiger partial charge in [-0.1, -0.05) is 23.7 Å². The summed E-state index contributed by atoms with van der Waals surface area (Å²) >= 11 is 5.77. The summed E-state index contributed by atoms with van der Waals surface area (Å²) in [7, 11) is 0. The molecule has 3 nitrogen and oxygen atoms in total. The first-order valence-electron chi connectivity index (χ1n) is 4.81. The minimum Gasteiger partial charge on any atom is -0.398 e. The average Bonchev–Trinajstić information content (AvgIpc) is 2.30. The summed E-state index contributed by atoms with van der Waals surface area (Å²) < 4.78 is 0. The number of aromatic nitrogens is 1. The molecule has 1 aromatic carbocycles. The standard InChI is InChI=1S/C12H11ClN2O/c13-9-3-1-8(2-4-9)12(16)10-7-15-6-5-11(10)14/h1-7,12,16H,(H2,14,15). The quantitative estimate of drug-likeness (QED) is 0.839. The molecule has 2 aromatic rings. The first kappa shape index (κ1) is 10.9. The van der Waals surface area contributed by atoms with E-state index in [0.29, 0.717) is 16.3 Å². The van der Waals surface area contributed by atoms with Crippen molar-refractivity contribution in [3.63, 3.8) is 0 Å². The van der Waals surface area contributed by atoms with Gasteiger partial charge >= 0.3 is 0 Å². The molecule has 0 aliphatic rings. The van der Waals surface area contributed by atoms with Crippen molar-refractivity contribution < 1.29 is 5.11 Å². The molecule has 1 heterocycles. The van der Waals surface area contributed by atoms with Gasteiger partial charge in [0, 0.05) is 28.7 Å². The number of benzene rings is 1. The van der Waals surface area contributed by atoms with Crippen LogP contribution in [-0.2, 0) is 0 Å². The van der Waals surface area contributed by atoms with E-state index >= 15 is 0 Å². The number of nitrogens with zero attached hydrogens (tertiary/aromatic N) is 1. The van der Waals surface area contributed by atoms with Gasteiger partial charge in [-0.05, 0) is 23.8 Å². The van der Waals surface area contributed by atoms with E-state index in [-0.39, 0.29) is 0 Å². The second kappa shape index (κ2) is 4.51. The molecule has 16 heavy (non-hydrogen) atoms. The Morgan fingerprint density at radius 3 is 2.50 bits per heavy atom. The molecular formula is C12H11ClN2O. The van der Waals surface area contributed by atoms with E-state index in [2.05, 4.69) is 4.98 Å². The molecule has 0 saturated carbocycles. The number of nitrogen functional groups attached to an aromatic ring is 1. The second-order valence-corrected chi connectivity index (χ2v) is 3.90. The lowest BCUT2D eigenvalue weighted by molar-refractivity contribution is 0.220. The molecule has 1 unspecified atom stereocenters. The Kier molecular flexibility index (Phi) is 3.08. The zero-order valence-electron chi connectivity index (χ0n) is 8.47. The van der Waals surface area contributed by atoms with Gasteiger partial charge in [-0.15, -0.1) is 0 Å². The number of nitrogens with two attached hydrogens (primary N) is 1. The molecule has 0 amide bonds. The Balaban J connectivity index is 2.35. The number of hydrogen-bond donors (Lipinski definition) is 2. The van der Waals surface area contributed by atoms with Gasteiger partial charge in [0.2, 0.25) is 0 Å². The summed E-state index contributed by atoms with van der Waals surface area (Å²) in [6.45, 7) is 0. The molecule has 4 heteroatoms. The normalized spacial score (nSPS) is 12.4. The average molecular weight is 235 g/mol. The molecule has 2 rings (SSSR count). The molecule has 0 radical (unpaired) electrons. The van der Waals surface area contributed by atoms with Crippen molar-refractivity contribution in [2.45, 2.75) is 6.10 Å². The fourth-order valence-electron chi connectivity index (χ4n) is 1.47. The fraction of sp³-hybridized carbons (Fsp3) is 0.0833. The summed E-state index contributed by atoms with van der Waals surface area (Å²) in [5, 5.41) is 10.7. The van der Waals surface area contributed by atoms with E-state index in [1.807, 2.05) is 0 Å². The number of hydrogen-bond acceptors (Lipinski definition) is 3. The molecule has 0 bridgehead atoms. The van der Waals surface area contributed by atoms with Crippen LogP contribution in [0.3, 0.4) is 0 Å². The highest BCUT2D eigenvalue weighted by atomic mass is 35.5. The number of pyridine rings is 1. The van der Waals surface area contributed by atoms with Crippen LogP contribution in [0.1, 0.15) is 17.2 Å². The van der Waals surface area contributed by atoms with Crippen molar-refractivity contribution in [2.75, 3.05) is 5.73 Å². The first-order chi connectivity index (χ1) is 7.68. The summed E-state index contributed by atoms with van der Waals surface area (Å²) in [5.74, 6) is 0. The Labute approximate surface area is 98.5 Å². The van der Waals surface area contributed by atoms with Gasteiger partial charge in [0.1, 0.15) is 6.10 Å². The minimum atomic E-state index is -0.772. The number of aliphatic hydroxyl groups excluding tert-OH is 1. The van der Waals surface area contributed by atoms with Crippen LogP contribution in [0.5, 0.6) is 0 Å². The van der Waals surface area contributed by atoms with Gasteiger partial charge in [0.15, 0.2) is 0 Å². The lowest BCUT2D eigenvalue weighted by Gasteiger charge is -2.13. The van der Waals surface area contributed by atoms with E-state index in [9.17, 15) is 5.11 Å². The largest absolute Gasteiger partial charge is 0.398 e. The molecule has 1 atom stereocenters. The van der Waals surface area contributed by atoms with Crippen LogP contribution in [-0.4, -0.2) is 10.1 Å². The Morgan fingerprint density at radius 1 is 1.19 bits per heavy atom. The van der Waals surface area contributed by atoms with Crippen molar-refractivity contribution in [2.24, 2.45) is 0 Å². The summed E-state index contributed by atoms with van der Waals surface area (Å²) in [4.78, 5) is 3.94. The fourth-order valence-corrected chi connectivity index (χ4v) is 1.60. The Hall–Kier alpha value is -1.58. The second-order valence-electron chi connectivity index (χ2n) is 3.46. The third-order valence-electron chi connectivity index (χ3n) is 2.37. The van der Waals surface area contributed by atoms with Gasteiger partial charge in [-0.25, -0.2) is 0 Å². The van der Waals surface area contributed by atoms with E-state index in [1.54, 1.807) is 42.7 Å². The van der Waals surface area contributed by atoms with Gasteiger partial charge < -0.3 is 10.8 Å². The molecule has 82 valence electrons. The first-order valence-corrected chi connectivity index (χ1v) is 5.19. The molecule has 0 spiro atoms. The monoisotopic (exact) mass is 234 g/mol. The Bertz CT molecular complexity index is 485. The molecule has 3 N–H and O–H groups in total. The van der Waals surface area contributed by atoms with Crippen molar-refractivity contribution >= 4 is 17.3 Å². The smallest absolute Gasteiger partial charge is 0.108 e. The van der Waals surface area contributed by atoms with E-state index in [4.69, 9.17) is 17.3 Å². The molecule has 0 fully saturated rings. The van der Waals surface area contributed by atoms with Crippen LogP contribution in [0.15, 0.2) is 42.7 Å². The molecular weight excluding hydrogens is 224 g/mol. The topological polar surface area (TPSA) is 59.1 Å². The van der Waals surface area contributed by atoms with E-state index in [0.717, 1.165) is 5.56 Å². The highest BCUT2D eigenvalue weighted by Crippen LogP contribution is 2.26. The molecule has 0 saturated heterocycles.